The van der Waals surface area contributed by atoms with E-state index in [1.165, 1.54) is 0 Å². The van der Waals surface area contributed by atoms with Gasteiger partial charge >= 0.3 is 6.09 Å². The van der Waals surface area contributed by atoms with Crippen LogP contribution in [0.15, 0.2) is 48.5 Å². The Morgan fingerprint density at radius 1 is 1.17 bits per heavy atom. The zero-order valence-corrected chi connectivity index (χ0v) is 21.6. The van der Waals surface area contributed by atoms with Crippen molar-refractivity contribution in [2.45, 2.75) is 59.0 Å². The van der Waals surface area contributed by atoms with Crippen LogP contribution in [0.2, 0.25) is 0 Å². The largest absolute Gasteiger partial charge is 0.489 e. The average Bonchev–Trinajstić information content (AvgIpc) is 2.82. The van der Waals surface area contributed by atoms with Crippen molar-refractivity contribution in [2.75, 3.05) is 38.1 Å². The SMILES string of the molecule is Cc1cc(OCc2ccccc2)ccc1NC(C)CNNCC1CN(C(=O)OC(C)(C)C)CCO1. The Bertz CT molecular complexity index is 933. The summed E-state index contributed by atoms with van der Waals surface area (Å²) in [5.41, 5.74) is 9.34. The molecule has 0 bridgehead atoms. The number of carbonyl (C=O) groups excluding carboxylic acids is 1. The molecule has 0 saturated carbocycles. The number of morpholine rings is 1. The van der Waals surface area contributed by atoms with Crippen molar-refractivity contribution < 1.29 is 19.0 Å². The zero-order chi connectivity index (χ0) is 25.3. The van der Waals surface area contributed by atoms with Gasteiger partial charge in [-0.2, -0.15) is 0 Å². The van der Waals surface area contributed by atoms with E-state index in [-0.39, 0.29) is 18.2 Å². The Labute approximate surface area is 209 Å². The molecule has 2 unspecified atom stereocenters. The number of aryl methyl sites for hydroxylation is 1. The van der Waals surface area contributed by atoms with Crippen LogP contribution in [0.1, 0.15) is 38.8 Å². The van der Waals surface area contributed by atoms with E-state index in [0.717, 1.165) is 22.6 Å². The highest BCUT2D eigenvalue weighted by molar-refractivity contribution is 5.68. The first-order valence-corrected chi connectivity index (χ1v) is 12.3. The van der Waals surface area contributed by atoms with E-state index in [4.69, 9.17) is 14.2 Å². The molecule has 2 aromatic carbocycles. The second kappa shape index (κ2) is 12.8. The van der Waals surface area contributed by atoms with Gasteiger partial charge in [-0.25, -0.2) is 4.79 Å². The van der Waals surface area contributed by atoms with Crippen molar-refractivity contribution in [3.8, 4) is 5.75 Å². The summed E-state index contributed by atoms with van der Waals surface area (Å²) < 4.78 is 17.2. The van der Waals surface area contributed by atoms with Crippen molar-refractivity contribution in [1.29, 1.82) is 0 Å². The summed E-state index contributed by atoms with van der Waals surface area (Å²) in [5, 5.41) is 3.53. The summed E-state index contributed by atoms with van der Waals surface area (Å²) in [7, 11) is 0. The summed E-state index contributed by atoms with van der Waals surface area (Å²) >= 11 is 0. The lowest BCUT2D eigenvalue weighted by atomic mass is 10.1. The molecular formula is C27H40N4O4. The van der Waals surface area contributed by atoms with Gasteiger partial charge in [-0.05, 0) is 63.9 Å². The van der Waals surface area contributed by atoms with Crippen LogP contribution in [0.25, 0.3) is 0 Å². The Morgan fingerprint density at radius 3 is 2.66 bits per heavy atom. The summed E-state index contributed by atoms with van der Waals surface area (Å²) in [5.74, 6) is 0.859. The van der Waals surface area contributed by atoms with Crippen LogP contribution in [0.3, 0.4) is 0 Å². The standard InChI is InChI=1S/C27H40N4O4/c1-20-15-23(34-19-22-9-7-6-8-10-22)11-12-25(20)30-21(2)16-28-29-17-24-18-31(13-14-33-24)26(32)35-27(3,4)5/h6-12,15,21,24,28-30H,13-14,16-19H2,1-5H3. The molecule has 0 radical (unpaired) electrons. The molecular weight excluding hydrogens is 444 g/mol. The molecule has 0 aromatic heterocycles. The van der Waals surface area contributed by atoms with Crippen LogP contribution in [0, 0.1) is 6.92 Å². The Balaban J connectivity index is 1.35. The quantitative estimate of drug-likeness (QED) is 0.346. The predicted molar refractivity (Wildman–Crippen MR) is 139 cm³/mol. The van der Waals surface area contributed by atoms with Gasteiger partial charge in [0.05, 0.1) is 19.3 Å². The van der Waals surface area contributed by atoms with Gasteiger partial charge in [0.25, 0.3) is 0 Å². The number of anilines is 1. The third-order valence-corrected chi connectivity index (χ3v) is 5.50. The first-order valence-electron chi connectivity index (χ1n) is 12.3. The molecule has 1 heterocycles. The van der Waals surface area contributed by atoms with E-state index >= 15 is 0 Å². The number of amides is 1. The highest BCUT2D eigenvalue weighted by Crippen LogP contribution is 2.23. The number of hydrogen-bond acceptors (Lipinski definition) is 7. The number of carbonyl (C=O) groups is 1. The molecule has 8 heteroatoms. The van der Waals surface area contributed by atoms with Crippen molar-refractivity contribution in [1.82, 2.24) is 15.8 Å². The Kier molecular flexibility index (Phi) is 9.77. The van der Waals surface area contributed by atoms with Crippen molar-refractivity contribution >= 4 is 11.8 Å². The van der Waals surface area contributed by atoms with Crippen LogP contribution in [0.4, 0.5) is 10.5 Å². The van der Waals surface area contributed by atoms with E-state index in [2.05, 4.69) is 54.3 Å². The van der Waals surface area contributed by atoms with Gasteiger partial charge in [-0.15, -0.1) is 0 Å². The van der Waals surface area contributed by atoms with E-state index in [1.54, 1.807) is 4.90 Å². The first-order chi connectivity index (χ1) is 16.7. The molecule has 1 fully saturated rings. The molecule has 1 saturated heterocycles. The molecule has 0 spiro atoms. The van der Waals surface area contributed by atoms with Crippen molar-refractivity contribution in [3.63, 3.8) is 0 Å². The van der Waals surface area contributed by atoms with Gasteiger partial charge in [-0.3, -0.25) is 10.9 Å². The molecule has 3 rings (SSSR count). The highest BCUT2D eigenvalue weighted by atomic mass is 16.6. The smallest absolute Gasteiger partial charge is 0.410 e. The van der Waals surface area contributed by atoms with Gasteiger partial charge in [0.2, 0.25) is 0 Å². The lowest BCUT2D eigenvalue weighted by Crippen LogP contribution is -2.52. The summed E-state index contributed by atoms with van der Waals surface area (Å²) in [6.07, 6.45) is -0.374. The van der Waals surface area contributed by atoms with E-state index in [0.29, 0.717) is 39.4 Å². The number of hydrazine groups is 1. The van der Waals surface area contributed by atoms with Crippen LogP contribution in [-0.4, -0.2) is 61.5 Å². The van der Waals surface area contributed by atoms with Gasteiger partial charge in [0, 0.05) is 31.4 Å². The molecule has 1 aliphatic rings. The van der Waals surface area contributed by atoms with Gasteiger partial charge < -0.3 is 24.4 Å². The molecule has 1 amide bonds. The molecule has 1 aliphatic heterocycles. The second-order valence-corrected chi connectivity index (χ2v) is 9.98. The molecule has 3 N–H and O–H groups in total. The molecule has 8 nitrogen and oxygen atoms in total. The minimum absolute atomic E-state index is 0.0855. The lowest BCUT2D eigenvalue weighted by Gasteiger charge is -2.34. The maximum absolute atomic E-state index is 12.3. The highest BCUT2D eigenvalue weighted by Gasteiger charge is 2.27. The second-order valence-electron chi connectivity index (χ2n) is 9.98. The summed E-state index contributed by atoms with van der Waals surface area (Å²) in [6, 6.07) is 16.5. The topological polar surface area (TPSA) is 84.1 Å². The van der Waals surface area contributed by atoms with Crippen molar-refractivity contribution in [3.05, 3.63) is 59.7 Å². The monoisotopic (exact) mass is 484 g/mol. The van der Waals surface area contributed by atoms with Crippen LogP contribution >= 0.6 is 0 Å². The number of hydrogen-bond donors (Lipinski definition) is 3. The van der Waals surface area contributed by atoms with Crippen LogP contribution < -0.4 is 20.9 Å². The summed E-state index contributed by atoms with van der Waals surface area (Å²) in [6.45, 7) is 13.3. The number of rotatable bonds is 10. The fourth-order valence-electron chi connectivity index (χ4n) is 3.69. The number of ether oxygens (including phenoxy) is 3. The third kappa shape index (κ3) is 9.39. The van der Waals surface area contributed by atoms with E-state index in [9.17, 15) is 4.79 Å². The minimum Gasteiger partial charge on any atom is -0.489 e. The van der Waals surface area contributed by atoms with E-state index < -0.39 is 5.60 Å². The lowest BCUT2D eigenvalue weighted by molar-refractivity contribution is -0.0419. The summed E-state index contributed by atoms with van der Waals surface area (Å²) in [4.78, 5) is 14.0. The van der Waals surface area contributed by atoms with E-state index in [1.807, 2.05) is 45.0 Å². The van der Waals surface area contributed by atoms with Gasteiger partial charge in [-0.1, -0.05) is 30.3 Å². The molecule has 0 aliphatic carbocycles. The van der Waals surface area contributed by atoms with Gasteiger partial charge in [0.1, 0.15) is 18.0 Å². The maximum atomic E-state index is 12.3. The number of nitrogens with zero attached hydrogens (tertiary/aromatic N) is 1. The maximum Gasteiger partial charge on any atom is 0.410 e. The molecule has 2 aromatic rings. The Hall–Kier alpha value is -2.81. The molecule has 35 heavy (non-hydrogen) atoms. The van der Waals surface area contributed by atoms with Crippen LogP contribution in [-0.2, 0) is 16.1 Å². The fraction of sp³-hybridized carbons (Fsp3) is 0.519. The number of nitrogens with one attached hydrogen (secondary N) is 3. The minimum atomic E-state index is -0.498. The predicted octanol–water partition coefficient (Wildman–Crippen LogP) is 4.10. The zero-order valence-electron chi connectivity index (χ0n) is 21.6. The third-order valence-electron chi connectivity index (χ3n) is 5.50. The number of benzene rings is 2. The average molecular weight is 485 g/mol. The molecule has 2 atom stereocenters. The van der Waals surface area contributed by atoms with Crippen molar-refractivity contribution in [2.24, 2.45) is 0 Å². The first kappa shape index (κ1) is 26.8. The Morgan fingerprint density at radius 2 is 1.94 bits per heavy atom. The van der Waals surface area contributed by atoms with Crippen LogP contribution in [0.5, 0.6) is 5.75 Å². The fourth-order valence-corrected chi connectivity index (χ4v) is 3.69. The molecule has 192 valence electrons. The normalized spacial score (nSPS) is 17.1. The van der Waals surface area contributed by atoms with Gasteiger partial charge in [0.15, 0.2) is 0 Å².